The Balaban J connectivity index is 2.37. The maximum absolute atomic E-state index is 12.7. The van der Waals surface area contributed by atoms with Crippen molar-refractivity contribution >= 4 is 16.0 Å². The molecule has 1 aliphatic rings. The van der Waals surface area contributed by atoms with Crippen LogP contribution >= 0.6 is 0 Å². The number of esters is 1. The molecule has 1 fully saturated rings. The summed E-state index contributed by atoms with van der Waals surface area (Å²) in [6.07, 6.45) is 0. The van der Waals surface area contributed by atoms with Crippen molar-refractivity contribution in [3.63, 3.8) is 0 Å². The van der Waals surface area contributed by atoms with Gasteiger partial charge in [-0.2, -0.15) is 4.31 Å². The average Bonchev–Trinajstić information content (AvgIpc) is 2.53. The van der Waals surface area contributed by atoms with Crippen LogP contribution in [0, 0.1) is 0 Å². The number of hydrogen-bond acceptors (Lipinski definition) is 6. The molecule has 0 spiro atoms. The summed E-state index contributed by atoms with van der Waals surface area (Å²) >= 11 is 0. The van der Waals surface area contributed by atoms with Crippen LogP contribution in [0.2, 0.25) is 0 Å². The molecular formula is C14H20N2O5S. The predicted octanol–water partition coefficient (Wildman–Crippen LogP) is 0.464. The van der Waals surface area contributed by atoms with E-state index in [1.54, 1.807) is 0 Å². The van der Waals surface area contributed by atoms with Crippen molar-refractivity contribution in [2.24, 2.45) is 0 Å². The fourth-order valence-electron chi connectivity index (χ4n) is 2.37. The van der Waals surface area contributed by atoms with Gasteiger partial charge in [0.15, 0.2) is 0 Å². The predicted molar refractivity (Wildman–Crippen MR) is 80.6 cm³/mol. The Kier molecular flexibility index (Phi) is 5.05. The first-order chi connectivity index (χ1) is 10.4. The van der Waals surface area contributed by atoms with Crippen molar-refractivity contribution in [2.45, 2.75) is 17.9 Å². The summed E-state index contributed by atoms with van der Waals surface area (Å²) in [6, 6.07) is 4.26. The Hall–Kier alpha value is -1.64. The minimum atomic E-state index is -3.62. The largest absolute Gasteiger partial charge is 0.496 e. The highest BCUT2D eigenvalue weighted by molar-refractivity contribution is 7.89. The second kappa shape index (κ2) is 6.64. The number of carbonyl (C=O) groups is 1. The Labute approximate surface area is 130 Å². The van der Waals surface area contributed by atoms with Gasteiger partial charge in [0, 0.05) is 31.7 Å². The second-order valence-corrected chi connectivity index (χ2v) is 7.01. The van der Waals surface area contributed by atoms with E-state index in [4.69, 9.17) is 4.74 Å². The molecule has 0 aliphatic carbocycles. The molecule has 1 N–H and O–H groups in total. The topological polar surface area (TPSA) is 84.9 Å². The zero-order valence-electron chi connectivity index (χ0n) is 12.8. The second-order valence-electron chi connectivity index (χ2n) is 5.07. The number of ether oxygens (including phenoxy) is 2. The molecule has 122 valence electrons. The number of benzene rings is 1. The number of rotatable bonds is 4. The highest BCUT2D eigenvalue weighted by Crippen LogP contribution is 2.26. The molecular weight excluding hydrogens is 308 g/mol. The summed E-state index contributed by atoms with van der Waals surface area (Å²) in [5.41, 5.74) is 0.192. The molecule has 1 unspecified atom stereocenters. The number of methoxy groups -OCH3 is 2. The molecule has 1 heterocycles. The van der Waals surface area contributed by atoms with Gasteiger partial charge >= 0.3 is 5.97 Å². The van der Waals surface area contributed by atoms with Crippen LogP contribution in [0.4, 0.5) is 0 Å². The summed E-state index contributed by atoms with van der Waals surface area (Å²) in [5, 5.41) is 3.20. The van der Waals surface area contributed by atoms with Gasteiger partial charge in [0.1, 0.15) is 11.3 Å². The standard InChI is InChI=1S/C14H20N2O5S/c1-10-9-16(7-6-15-10)22(18,19)11-4-5-12(14(17)21-3)13(8-11)20-2/h4-5,8,10,15H,6-7,9H2,1-3H3. The van der Waals surface area contributed by atoms with E-state index in [9.17, 15) is 13.2 Å². The summed E-state index contributed by atoms with van der Waals surface area (Å²) in [5.74, 6) is -0.396. The van der Waals surface area contributed by atoms with E-state index in [1.807, 2.05) is 6.92 Å². The maximum atomic E-state index is 12.7. The van der Waals surface area contributed by atoms with Crippen molar-refractivity contribution in [3.8, 4) is 5.75 Å². The summed E-state index contributed by atoms with van der Waals surface area (Å²) < 4.78 is 36.6. The molecule has 2 rings (SSSR count). The third-order valence-electron chi connectivity index (χ3n) is 3.55. The summed E-state index contributed by atoms with van der Waals surface area (Å²) in [7, 11) is -0.977. The number of sulfonamides is 1. The number of nitrogens with one attached hydrogen (secondary N) is 1. The Morgan fingerprint density at radius 3 is 2.68 bits per heavy atom. The summed E-state index contributed by atoms with van der Waals surface area (Å²) in [4.78, 5) is 11.7. The van der Waals surface area contributed by atoms with E-state index >= 15 is 0 Å². The Morgan fingerprint density at radius 2 is 2.09 bits per heavy atom. The van der Waals surface area contributed by atoms with Crippen LogP contribution in [0.5, 0.6) is 5.75 Å². The fourth-order valence-corrected chi connectivity index (χ4v) is 3.92. The molecule has 1 aromatic carbocycles. The average molecular weight is 328 g/mol. The third kappa shape index (κ3) is 3.23. The number of hydrogen-bond donors (Lipinski definition) is 1. The quantitative estimate of drug-likeness (QED) is 0.809. The smallest absolute Gasteiger partial charge is 0.341 e. The molecule has 1 aromatic rings. The summed E-state index contributed by atoms with van der Waals surface area (Å²) in [6.45, 7) is 3.36. The molecule has 22 heavy (non-hydrogen) atoms. The first-order valence-corrected chi connectivity index (χ1v) is 8.34. The highest BCUT2D eigenvalue weighted by atomic mass is 32.2. The van der Waals surface area contributed by atoms with Gasteiger partial charge in [0.25, 0.3) is 0 Å². The van der Waals surface area contributed by atoms with Crippen molar-refractivity contribution < 1.29 is 22.7 Å². The maximum Gasteiger partial charge on any atom is 0.341 e. The lowest BCUT2D eigenvalue weighted by Gasteiger charge is -2.31. The number of piperazine rings is 1. The van der Waals surface area contributed by atoms with Gasteiger partial charge in [-0.3, -0.25) is 0 Å². The van der Waals surface area contributed by atoms with E-state index in [1.165, 1.54) is 36.7 Å². The van der Waals surface area contributed by atoms with Crippen LogP contribution in [-0.2, 0) is 14.8 Å². The minimum absolute atomic E-state index is 0.0970. The molecule has 7 nitrogen and oxygen atoms in total. The van der Waals surface area contributed by atoms with Crippen molar-refractivity contribution in [1.29, 1.82) is 0 Å². The van der Waals surface area contributed by atoms with Crippen LogP contribution in [0.15, 0.2) is 23.1 Å². The fraction of sp³-hybridized carbons (Fsp3) is 0.500. The molecule has 0 bridgehead atoms. The molecule has 0 amide bonds. The van der Waals surface area contributed by atoms with Gasteiger partial charge in [0.2, 0.25) is 10.0 Å². The van der Waals surface area contributed by atoms with E-state index in [0.29, 0.717) is 19.6 Å². The molecule has 1 aliphatic heterocycles. The van der Waals surface area contributed by atoms with Crippen LogP contribution in [-0.4, -0.2) is 58.6 Å². The van der Waals surface area contributed by atoms with Crippen molar-refractivity contribution in [3.05, 3.63) is 23.8 Å². The molecule has 1 atom stereocenters. The molecule has 0 radical (unpaired) electrons. The first-order valence-electron chi connectivity index (χ1n) is 6.90. The monoisotopic (exact) mass is 328 g/mol. The van der Waals surface area contributed by atoms with E-state index in [2.05, 4.69) is 10.1 Å². The molecule has 1 saturated heterocycles. The number of nitrogens with zero attached hydrogens (tertiary/aromatic N) is 1. The zero-order valence-corrected chi connectivity index (χ0v) is 13.6. The van der Waals surface area contributed by atoms with Crippen LogP contribution in [0.3, 0.4) is 0 Å². The van der Waals surface area contributed by atoms with Gasteiger partial charge in [-0.05, 0) is 19.1 Å². The minimum Gasteiger partial charge on any atom is -0.496 e. The lowest BCUT2D eigenvalue weighted by Crippen LogP contribution is -2.51. The van der Waals surface area contributed by atoms with E-state index < -0.39 is 16.0 Å². The van der Waals surface area contributed by atoms with Gasteiger partial charge in [0.05, 0.1) is 19.1 Å². The van der Waals surface area contributed by atoms with Crippen LogP contribution < -0.4 is 10.1 Å². The molecule has 0 aromatic heterocycles. The Morgan fingerprint density at radius 1 is 1.36 bits per heavy atom. The van der Waals surface area contributed by atoms with Gasteiger partial charge < -0.3 is 14.8 Å². The molecule has 0 saturated carbocycles. The number of carbonyl (C=O) groups excluding carboxylic acids is 1. The van der Waals surface area contributed by atoms with Gasteiger partial charge in [-0.1, -0.05) is 0 Å². The Bertz CT molecular complexity index is 659. The molecule has 8 heteroatoms. The lowest BCUT2D eigenvalue weighted by molar-refractivity contribution is 0.0597. The van der Waals surface area contributed by atoms with Crippen LogP contribution in [0.25, 0.3) is 0 Å². The lowest BCUT2D eigenvalue weighted by atomic mass is 10.2. The third-order valence-corrected chi connectivity index (χ3v) is 5.41. The SMILES string of the molecule is COC(=O)c1ccc(S(=O)(=O)N2CCNC(C)C2)cc1OC. The van der Waals surface area contributed by atoms with Crippen molar-refractivity contribution in [2.75, 3.05) is 33.9 Å². The van der Waals surface area contributed by atoms with Crippen molar-refractivity contribution in [1.82, 2.24) is 9.62 Å². The van der Waals surface area contributed by atoms with Gasteiger partial charge in [-0.25, -0.2) is 13.2 Å². The normalized spacial score (nSPS) is 19.7. The van der Waals surface area contributed by atoms with E-state index in [-0.39, 0.29) is 22.3 Å². The highest BCUT2D eigenvalue weighted by Gasteiger charge is 2.29. The van der Waals surface area contributed by atoms with Gasteiger partial charge in [-0.15, -0.1) is 0 Å². The van der Waals surface area contributed by atoms with E-state index in [0.717, 1.165) is 0 Å². The zero-order chi connectivity index (χ0) is 16.3. The first kappa shape index (κ1) is 16.7. The van der Waals surface area contributed by atoms with Crippen LogP contribution in [0.1, 0.15) is 17.3 Å².